The van der Waals surface area contributed by atoms with E-state index < -0.39 is 5.41 Å². The van der Waals surface area contributed by atoms with Crippen LogP contribution >= 0.6 is 11.8 Å². The zero-order valence-corrected chi connectivity index (χ0v) is 49.5. The van der Waals surface area contributed by atoms with Crippen molar-refractivity contribution >= 4 is 51.9 Å². The van der Waals surface area contributed by atoms with E-state index in [0.717, 1.165) is 73.1 Å². The fraction of sp³-hybridized carbons (Fsp3) is 0.0118. The molecule has 0 atom stereocenters. The molecule has 0 saturated carbocycles. The second-order valence-corrected chi connectivity index (χ2v) is 24.5. The van der Waals surface area contributed by atoms with Gasteiger partial charge in [0, 0.05) is 43.4 Å². The van der Waals surface area contributed by atoms with Crippen LogP contribution in [-0.2, 0) is 5.41 Å². The van der Waals surface area contributed by atoms with Crippen LogP contribution in [0, 0.1) is 0 Å². The van der Waals surface area contributed by atoms with Gasteiger partial charge in [-0.1, -0.05) is 308 Å². The number of fused-ring (bicyclic) bond motifs is 6. The van der Waals surface area contributed by atoms with Crippen LogP contribution in [-0.4, -0.2) is 6.71 Å². The average molecular weight is 1150 g/mol. The minimum absolute atomic E-state index is 0.108. The highest BCUT2D eigenvalue weighted by molar-refractivity contribution is 8.00. The Morgan fingerprint density at radius 3 is 1.29 bits per heavy atom. The summed E-state index contributed by atoms with van der Waals surface area (Å²) in [5.41, 5.74) is 27.4. The van der Waals surface area contributed by atoms with Crippen LogP contribution in [0.15, 0.2) is 350 Å². The predicted molar refractivity (Wildman–Crippen MR) is 373 cm³/mol. The van der Waals surface area contributed by atoms with Crippen molar-refractivity contribution in [3.8, 4) is 89.4 Å². The molecule has 2 nitrogen and oxygen atoms in total. The third-order valence-corrected chi connectivity index (χ3v) is 19.6. The van der Waals surface area contributed by atoms with Crippen molar-refractivity contribution in [3.05, 3.63) is 362 Å². The summed E-state index contributed by atoms with van der Waals surface area (Å²) in [6.07, 6.45) is 0. The Bertz CT molecular complexity index is 4870. The maximum Gasteiger partial charge on any atom is 0.249 e. The third-order valence-electron chi connectivity index (χ3n) is 18.4. The van der Waals surface area contributed by atoms with Crippen molar-refractivity contribution in [2.45, 2.75) is 15.2 Å². The van der Waals surface area contributed by atoms with E-state index in [4.69, 9.17) is 4.74 Å². The zero-order chi connectivity index (χ0) is 58.8. The maximum absolute atomic E-state index is 7.21. The molecule has 89 heavy (non-hydrogen) atoms. The summed E-state index contributed by atoms with van der Waals surface area (Å²) in [4.78, 5) is 5.13. The summed E-state index contributed by atoms with van der Waals surface area (Å²) in [7, 11) is 0. The van der Waals surface area contributed by atoms with Crippen molar-refractivity contribution in [1.29, 1.82) is 0 Å². The maximum atomic E-state index is 7.21. The van der Waals surface area contributed by atoms with Gasteiger partial charge in [0.25, 0.3) is 0 Å². The molecule has 3 aliphatic heterocycles. The summed E-state index contributed by atoms with van der Waals surface area (Å²) < 4.78 is 7.21. The molecule has 416 valence electrons. The van der Waals surface area contributed by atoms with Gasteiger partial charge in [0.15, 0.2) is 0 Å². The average Bonchev–Trinajstić information content (AvgIpc) is 0.750. The van der Waals surface area contributed by atoms with Crippen molar-refractivity contribution in [3.63, 3.8) is 0 Å². The van der Waals surface area contributed by atoms with Crippen LogP contribution < -0.4 is 26.0 Å². The largest absolute Gasteiger partial charge is 0.457 e. The Balaban J connectivity index is 0.954. The van der Waals surface area contributed by atoms with Gasteiger partial charge in [-0.3, -0.25) is 0 Å². The molecule has 3 heterocycles. The third kappa shape index (κ3) is 8.89. The van der Waals surface area contributed by atoms with E-state index in [1.54, 1.807) is 0 Å². The molecule has 0 saturated heterocycles. The summed E-state index contributed by atoms with van der Waals surface area (Å²) in [6.45, 7) is -0.108. The molecule has 14 aromatic rings. The van der Waals surface area contributed by atoms with E-state index in [1.807, 2.05) is 11.8 Å². The molecule has 0 spiro atoms. The normalized spacial score (nSPS) is 13.0. The van der Waals surface area contributed by atoms with E-state index in [0.29, 0.717) is 0 Å². The number of hydrogen-bond donors (Lipinski definition) is 0. The second-order valence-electron chi connectivity index (χ2n) is 23.4. The minimum atomic E-state index is -0.646. The first kappa shape index (κ1) is 52.4. The number of benzene rings is 14. The molecule has 0 fully saturated rings. The molecule has 14 aromatic carbocycles. The summed E-state index contributed by atoms with van der Waals surface area (Å²) >= 11 is 1.89. The van der Waals surface area contributed by atoms with Gasteiger partial charge in [-0.15, -0.1) is 0 Å². The number of anilines is 3. The van der Waals surface area contributed by atoms with Gasteiger partial charge in [-0.2, -0.15) is 0 Å². The predicted octanol–water partition coefficient (Wildman–Crippen LogP) is 20.6. The highest BCUT2D eigenvalue weighted by atomic mass is 32.2. The lowest BCUT2D eigenvalue weighted by Gasteiger charge is -2.42. The molecular formula is C85H56BNOS. The number of para-hydroxylation sites is 2. The van der Waals surface area contributed by atoms with Crippen molar-refractivity contribution in [2.24, 2.45) is 0 Å². The molecule has 0 unspecified atom stereocenters. The van der Waals surface area contributed by atoms with Crippen LogP contribution in [0.4, 0.5) is 17.1 Å². The number of rotatable bonds is 10. The van der Waals surface area contributed by atoms with Gasteiger partial charge < -0.3 is 9.64 Å². The van der Waals surface area contributed by atoms with Gasteiger partial charge in [-0.05, 0) is 137 Å². The highest BCUT2D eigenvalue weighted by Crippen LogP contribution is 2.57. The Labute approximate surface area is 524 Å². The molecule has 17 rings (SSSR count). The Hall–Kier alpha value is -10.9. The quantitative estimate of drug-likeness (QED) is 0.127. The van der Waals surface area contributed by atoms with Crippen LogP contribution in [0.2, 0.25) is 0 Å². The number of nitrogens with zero attached hydrogens (tertiary/aromatic N) is 1. The van der Waals surface area contributed by atoms with Gasteiger partial charge in [-0.25, -0.2) is 0 Å². The zero-order valence-electron chi connectivity index (χ0n) is 48.7. The first-order valence-electron chi connectivity index (χ1n) is 30.7. The fourth-order valence-corrected chi connectivity index (χ4v) is 15.6. The van der Waals surface area contributed by atoms with Crippen molar-refractivity contribution in [2.75, 3.05) is 4.90 Å². The van der Waals surface area contributed by atoms with E-state index in [-0.39, 0.29) is 6.71 Å². The highest BCUT2D eigenvalue weighted by Gasteiger charge is 2.46. The van der Waals surface area contributed by atoms with Crippen molar-refractivity contribution < 1.29 is 4.74 Å². The smallest absolute Gasteiger partial charge is 0.249 e. The minimum Gasteiger partial charge on any atom is -0.457 e. The lowest BCUT2D eigenvalue weighted by atomic mass is 9.34. The summed E-state index contributed by atoms with van der Waals surface area (Å²) in [6, 6.07) is 125. The molecule has 4 heteroatoms. The first-order chi connectivity index (χ1) is 44.1. The standard InChI is InChI=1S/C85H56BNOS/c1-7-24-57(25-8-1)61-32-21-34-66(50-61)71-40-23-41-72(67-35-22-33-62(51-67)58-26-9-2-10-27-58)84(71)87-77-48-45-63(59-28-11-3-12-29-59)52-75(77)86-76-53-64(60-30-13-4-14-31-60)46-49-81(76)89-82-56-68(54-78(87)83(82)86)65-44-47-74-80(55-65)88-79-43-20-19-42-73(79)85(74,69-36-15-5-16-37-69)70-38-17-6-18-39-70/h1-56H. The van der Waals surface area contributed by atoms with Gasteiger partial charge >= 0.3 is 0 Å². The van der Waals surface area contributed by atoms with Crippen LogP contribution in [0.25, 0.3) is 77.9 Å². The van der Waals surface area contributed by atoms with Crippen LogP contribution in [0.1, 0.15) is 22.3 Å². The lowest BCUT2D eigenvalue weighted by Crippen LogP contribution is -2.60. The fourth-order valence-electron chi connectivity index (χ4n) is 14.4. The van der Waals surface area contributed by atoms with E-state index in [1.165, 1.54) is 81.8 Å². The first-order valence-corrected chi connectivity index (χ1v) is 31.5. The Morgan fingerprint density at radius 1 is 0.281 bits per heavy atom. The molecule has 0 radical (unpaired) electrons. The number of ether oxygens (including phenoxy) is 1. The molecule has 0 amide bonds. The molecule has 3 aliphatic rings. The molecule has 0 aliphatic carbocycles. The van der Waals surface area contributed by atoms with E-state index in [9.17, 15) is 0 Å². The molecule has 0 bridgehead atoms. The molecular weight excluding hydrogens is 1090 g/mol. The van der Waals surface area contributed by atoms with Gasteiger partial charge in [0.2, 0.25) is 6.71 Å². The van der Waals surface area contributed by atoms with E-state index >= 15 is 0 Å². The molecule has 0 aromatic heterocycles. The van der Waals surface area contributed by atoms with E-state index in [2.05, 4.69) is 345 Å². The molecule has 0 N–H and O–H groups in total. The van der Waals surface area contributed by atoms with Gasteiger partial charge in [0.05, 0.1) is 11.1 Å². The lowest BCUT2D eigenvalue weighted by molar-refractivity contribution is 0.435. The van der Waals surface area contributed by atoms with Crippen LogP contribution in [0.3, 0.4) is 0 Å². The summed E-state index contributed by atoms with van der Waals surface area (Å²) in [5, 5.41) is 0. The topological polar surface area (TPSA) is 12.5 Å². The Morgan fingerprint density at radius 2 is 0.719 bits per heavy atom. The monoisotopic (exact) mass is 1150 g/mol. The summed E-state index contributed by atoms with van der Waals surface area (Å²) in [5.74, 6) is 1.69. The second kappa shape index (κ2) is 21.8. The SMILES string of the molecule is c1ccc(-c2cccc(-c3cccc(-c4cccc(-c5ccccc5)c4)c3N3c4ccc(-c5ccccc5)cc4B4c5cc(-c6ccccc6)ccc5Sc5cc(-c6ccc7c(c6)Oc6ccccc6C7(c6ccccc6)c6ccccc6)cc3c54)c2)cc1. The van der Waals surface area contributed by atoms with Crippen LogP contribution in [0.5, 0.6) is 11.5 Å². The van der Waals surface area contributed by atoms with Gasteiger partial charge in [0.1, 0.15) is 11.5 Å². The Kier molecular flexibility index (Phi) is 12.8. The number of hydrogen-bond acceptors (Lipinski definition) is 3. The van der Waals surface area contributed by atoms with Crippen molar-refractivity contribution in [1.82, 2.24) is 0 Å².